The van der Waals surface area contributed by atoms with Gasteiger partial charge in [0, 0.05) is 45.5 Å². The van der Waals surface area contributed by atoms with E-state index in [1.807, 2.05) is 23.9 Å². The average Bonchev–Trinajstić information content (AvgIpc) is 2.57. The predicted molar refractivity (Wildman–Crippen MR) is 92.9 cm³/mol. The number of hydrogen-bond donors (Lipinski definition) is 0. The molecule has 1 aromatic heterocycles. The van der Waals surface area contributed by atoms with Gasteiger partial charge in [0.15, 0.2) is 0 Å². The van der Waals surface area contributed by atoms with Crippen molar-refractivity contribution in [3.8, 4) is 0 Å². The van der Waals surface area contributed by atoms with Gasteiger partial charge in [-0.25, -0.2) is 4.79 Å². The Morgan fingerprint density at radius 2 is 1.75 bits per heavy atom. The van der Waals surface area contributed by atoms with Crippen LogP contribution in [0.25, 0.3) is 0 Å². The summed E-state index contributed by atoms with van der Waals surface area (Å²) in [4.78, 5) is 39.9. The van der Waals surface area contributed by atoms with Crippen LogP contribution in [0.1, 0.15) is 37.8 Å². The zero-order chi connectivity index (χ0) is 17.9. The van der Waals surface area contributed by atoms with Crippen LogP contribution in [-0.4, -0.2) is 51.5 Å². The van der Waals surface area contributed by atoms with Crippen LogP contribution in [0.15, 0.2) is 15.7 Å². The van der Waals surface area contributed by atoms with E-state index in [-0.39, 0.29) is 23.7 Å². The number of carbonyl (C=O) groups is 1. The lowest BCUT2D eigenvalue weighted by atomic mass is 9.94. The van der Waals surface area contributed by atoms with Crippen molar-refractivity contribution in [1.82, 2.24) is 18.9 Å². The van der Waals surface area contributed by atoms with Gasteiger partial charge in [0.1, 0.15) is 0 Å². The Morgan fingerprint density at radius 3 is 2.38 bits per heavy atom. The highest BCUT2D eigenvalue weighted by Crippen LogP contribution is 2.21. The summed E-state index contributed by atoms with van der Waals surface area (Å²) in [7, 11) is 6.80. The molecule has 0 aliphatic heterocycles. The second kappa shape index (κ2) is 7.79. The molecule has 1 amide bonds. The quantitative estimate of drug-likeness (QED) is 0.776. The van der Waals surface area contributed by atoms with Crippen LogP contribution < -0.4 is 11.2 Å². The van der Waals surface area contributed by atoms with Crippen LogP contribution in [0.3, 0.4) is 0 Å². The highest BCUT2D eigenvalue weighted by Gasteiger charge is 2.23. The van der Waals surface area contributed by atoms with Gasteiger partial charge >= 0.3 is 5.69 Å². The van der Waals surface area contributed by atoms with E-state index in [1.165, 1.54) is 36.9 Å². The van der Waals surface area contributed by atoms with E-state index in [9.17, 15) is 14.4 Å². The molecule has 0 radical (unpaired) electrons. The fourth-order valence-electron chi connectivity index (χ4n) is 3.28. The van der Waals surface area contributed by atoms with Crippen molar-refractivity contribution in [2.24, 2.45) is 14.1 Å². The maximum Gasteiger partial charge on any atom is 0.330 e. The Morgan fingerprint density at radius 1 is 1.12 bits per heavy atom. The highest BCUT2D eigenvalue weighted by atomic mass is 16.2. The Bertz CT molecular complexity index is 701. The number of rotatable bonds is 5. The van der Waals surface area contributed by atoms with E-state index in [1.54, 1.807) is 7.05 Å². The summed E-state index contributed by atoms with van der Waals surface area (Å²) in [5.74, 6) is 0.0817. The SMILES string of the molecule is CN(CC(=O)N(C)C1CCCCC1)Cc1cc(=O)n(C)c(=O)n1C. The fourth-order valence-corrected chi connectivity index (χ4v) is 3.28. The molecule has 0 N–H and O–H groups in total. The Labute approximate surface area is 142 Å². The smallest absolute Gasteiger partial charge is 0.330 e. The van der Waals surface area contributed by atoms with Gasteiger partial charge in [-0.05, 0) is 19.9 Å². The summed E-state index contributed by atoms with van der Waals surface area (Å²) in [6, 6.07) is 1.79. The van der Waals surface area contributed by atoms with Crippen molar-refractivity contribution < 1.29 is 4.79 Å². The average molecular weight is 336 g/mol. The molecule has 0 bridgehead atoms. The third-order valence-electron chi connectivity index (χ3n) is 4.98. The zero-order valence-electron chi connectivity index (χ0n) is 15.1. The molecule has 0 spiro atoms. The Balaban J connectivity index is 2.00. The molecular formula is C17H28N4O3. The number of amides is 1. The first-order valence-corrected chi connectivity index (χ1v) is 8.51. The molecule has 2 rings (SSSR count). The lowest BCUT2D eigenvalue weighted by molar-refractivity contribution is -0.133. The molecule has 0 atom stereocenters. The van der Waals surface area contributed by atoms with E-state index in [0.29, 0.717) is 18.3 Å². The fraction of sp³-hybridized carbons (Fsp3) is 0.706. The highest BCUT2D eigenvalue weighted by molar-refractivity contribution is 5.78. The molecule has 7 heteroatoms. The standard InChI is InChI=1S/C17H28N4O3/c1-18(11-14-10-15(22)21(4)17(24)20(14)3)12-16(23)19(2)13-8-6-5-7-9-13/h10,13H,5-9,11-12H2,1-4H3. The van der Waals surface area contributed by atoms with E-state index in [0.717, 1.165) is 17.4 Å². The molecule has 0 saturated heterocycles. The third kappa shape index (κ3) is 4.14. The summed E-state index contributed by atoms with van der Waals surface area (Å²) in [6.07, 6.45) is 5.79. The van der Waals surface area contributed by atoms with Crippen LogP contribution in [0.5, 0.6) is 0 Å². The molecule has 1 aromatic rings. The van der Waals surface area contributed by atoms with E-state index in [2.05, 4.69) is 0 Å². The molecule has 0 unspecified atom stereocenters. The van der Waals surface area contributed by atoms with Crippen LogP contribution in [-0.2, 0) is 25.4 Å². The van der Waals surface area contributed by atoms with Gasteiger partial charge in [-0.2, -0.15) is 0 Å². The lowest BCUT2D eigenvalue weighted by Crippen LogP contribution is -2.44. The number of aromatic nitrogens is 2. The number of carbonyl (C=O) groups excluding carboxylic acids is 1. The number of hydrogen-bond acceptors (Lipinski definition) is 4. The van der Waals surface area contributed by atoms with Crippen molar-refractivity contribution in [1.29, 1.82) is 0 Å². The maximum atomic E-state index is 12.5. The van der Waals surface area contributed by atoms with Crippen molar-refractivity contribution in [3.63, 3.8) is 0 Å². The largest absolute Gasteiger partial charge is 0.342 e. The molecule has 1 saturated carbocycles. The van der Waals surface area contributed by atoms with Crippen LogP contribution in [0, 0.1) is 0 Å². The monoisotopic (exact) mass is 336 g/mol. The molecule has 1 aliphatic rings. The van der Waals surface area contributed by atoms with Crippen molar-refractivity contribution in [2.75, 3.05) is 20.6 Å². The minimum atomic E-state index is -0.350. The van der Waals surface area contributed by atoms with Crippen LogP contribution in [0.4, 0.5) is 0 Å². The zero-order valence-corrected chi connectivity index (χ0v) is 15.1. The molecule has 1 fully saturated rings. The Hall–Kier alpha value is -1.89. The maximum absolute atomic E-state index is 12.5. The second-order valence-electron chi connectivity index (χ2n) is 6.84. The van der Waals surface area contributed by atoms with Gasteiger partial charge in [-0.3, -0.25) is 23.6 Å². The summed E-state index contributed by atoms with van der Waals surface area (Å²) in [5, 5.41) is 0. The van der Waals surface area contributed by atoms with Gasteiger partial charge in [-0.1, -0.05) is 19.3 Å². The van der Waals surface area contributed by atoms with E-state index >= 15 is 0 Å². The third-order valence-corrected chi connectivity index (χ3v) is 4.98. The molecule has 7 nitrogen and oxygen atoms in total. The van der Waals surface area contributed by atoms with Gasteiger partial charge in [-0.15, -0.1) is 0 Å². The van der Waals surface area contributed by atoms with Crippen molar-refractivity contribution in [2.45, 2.75) is 44.7 Å². The van der Waals surface area contributed by atoms with Gasteiger partial charge in [0.25, 0.3) is 5.56 Å². The Kier molecular flexibility index (Phi) is 5.99. The molecule has 134 valence electrons. The number of likely N-dealkylation sites (N-methyl/N-ethyl adjacent to an activating group) is 2. The van der Waals surface area contributed by atoms with E-state index < -0.39 is 0 Å². The minimum absolute atomic E-state index is 0.0817. The summed E-state index contributed by atoms with van der Waals surface area (Å²) < 4.78 is 2.53. The summed E-state index contributed by atoms with van der Waals surface area (Å²) >= 11 is 0. The summed E-state index contributed by atoms with van der Waals surface area (Å²) in [6.45, 7) is 0.655. The summed E-state index contributed by atoms with van der Waals surface area (Å²) in [5.41, 5.74) is -0.0672. The van der Waals surface area contributed by atoms with Gasteiger partial charge in [0.05, 0.1) is 6.54 Å². The molecular weight excluding hydrogens is 308 g/mol. The molecule has 1 heterocycles. The van der Waals surface area contributed by atoms with Crippen molar-refractivity contribution >= 4 is 5.91 Å². The number of nitrogens with zero attached hydrogens (tertiary/aromatic N) is 4. The predicted octanol–water partition coefficient (Wildman–Crippen LogP) is 0.307. The molecule has 1 aliphatic carbocycles. The van der Waals surface area contributed by atoms with Crippen LogP contribution in [0.2, 0.25) is 0 Å². The topological polar surface area (TPSA) is 67.6 Å². The first kappa shape index (κ1) is 18.4. The van der Waals surface area contributed by atoms with Gasteiger partial charge in [0.2, 0.25) is 5.91 Å². The van der Waals surface area contributed by atoms with Gasteiger partial charge < -0.3 is 4.90 Å². The second-order valence-corrected chi connectivity index (χ2v) is 6.84. The minimum Gasteiger partial charge on any atom is -0.342 e. The van der Waals surface area contributed by atoms with E-state index in [4.69, 9.17) is 0 Å². The van der Waals surface area contributed by atoms with Crippen LogP contribution >= 0.6 is 0 Å². The lowest BCUT2D eigenvalue weighted by Gasteiger charge is -2.32. The molecule has 24 heavy (non-hydrogen) atoms. The normalized spacial score (nSPS) is 15.7. The first-order valence-electron chi connectivity index (χ1n) is 8.51. The molecule has 0 aromatic carbocycles. The first-order chi connectivity index (χ1) is 11.3. The van der Waals surface area contributed by atoms with Crippen molar-refractivity contribution in [3.05, 3.63) is 32.6 Å².